The third kappa shape index (κ3) is 5.17. The number of hydrogen-bond donors (Lipinski definition) is 1. The molecular formula is C22H13F5N4O3. The second-order valence-electron chi connectivity index (χ2n) is 6.85. The zero-order chi connectivity index (χ0) is 24.3. The van der Waals surface area contributed by atoms with Gasteiger partial charge >= 0.3 is 18.2 Å². The Balaban J connectivity index is 1.40. The Morgan fingerprint density at radius 3 is 2.29 bits per heavy atom. The Hall–Kier alpha value is -4.35. The molecule has 0 radical (unpaired) electrons. The average Bonchev–Trinajstić information content (AvgIpc) is 3.32. The topological polar surface area (TPSA) is 90.1 Å². The zero-order valence-corrected chi connectivity index (χ0v) is 16.9. The molecule has 0 unspecified atom stereocenters. The van der Waals surface area contributed by atoms with Crippen molar-refractivity contribution in [3.8, 4) is 22.6 Å². The largest absolute Gasteiger partial charge is 0.471 e. The standard InChI is InChI=1S/C22H13F5N4O3/c23-15-8-14(19-30-20(34-31-19)22(25,26)27)9-16(24)18(15)29-21(32)33-11-12-6-7-17(28-10-12)13-4-2-1-3-5-13/h1-10H,11H2,(H,29,32). The van der Waals surface area contributed by atoms with Crippen molar-refractivity contribution in [1.82, 2.24) is 15.1 Å². The fraction of sp³-hybridized carbons (Fsp3) is 0.0909. The number of pyridine rings is 1. The predicted molar refractivity (Wildman–Crippen MR) is 108 cm³/mol. The van der Waals surface area contributed by atoms with Gasteiger partial charge in [-0.05, 0) is 18.2 Å². The summed E-state index contributed by atoms with van der Waals surface area (Å²) in [7, 11) is 0. The van der Waals surface area contributed by atoms with Gasteiger partial charge < -0.3 is 9.26 Å². The van der Waals surface area contributed by atoms with Crippen LogP contribution in [0.4, 0.5) is 32.4 Å². The fourth-order valence-corrected chi connectivity index (χ4v) is 2.85. The third-order valence-electron chi connectivity index (χ3n) is 4.46. The Bertz CT molecular complexity index is 1290. The zero-order valence-electron chi connectivity index (χ0n) is 16.9. The number of halogens is 5. The lowest BCUT2D eigenvalue weighted by Crippen LogP contribution is -2.16. The van der Waals surface area contributed by atoms with E-state index in [4.69, 9.17) is 4.74 Å². The molecule has 0 bridgehead atoms. The number of carbonyl (C=O) groups excluding carboxylic acids is 1. The molecule has 0 atom stereocenters. The highest BCUT2D eigenvalue weighted by Gasteiger charge is 2.38. The molecule has 4 rings (SSSR count). The number of amides is 1. The van der Waals surface area contributed by atoms with E-state index in [-0.39, 0.29) is 6.61 Å². The normalized spacial score (nSPS) is 11.3. The van der Waals surface area contributed by atoms with Crippen molar-refractivity contribution in [2.45, 2.75) is 12.8 Å². The number of hydrogen-bond acceptors (Lipinski definition) is 6. The van der Waals surface area contributed by atoms with Crippen LogP contribution in [0.5, 0.6) is 0 Å². The Morgan fingerprint density at radius 2 is 1.71 bits per heavy atom. The molecule has 0 saturated heterocycles. The van der Waals surface area contributed by atoms with Crippen molar-refractivity contribution >= 4 is 11.8 Å². The van der Waals surface area contributed by atoms with Crippen LogP contribution in [0.25, 0.3) is 22.6 Å². The molecule has 1 N–H and O–H groups in total. The molecule has 12 heteroatoms. The molecule has 7 nitrogen and oxygen atoms in total. The lowest BCUT2D eigenvalue weighted by Gasteiger charge is -2.10. The molecule has 2 aromatic heterocycles. The second-order valence-corrected chi connectivity index (χ2v) is 6.85. The van der Waals surface area contributed by atoms with Crippen LogP contribution in [0.3, 0.4) is 0 Å². The number of nitrogens with zero attached hydrogens (tertiary/aromatic N) is 3. The molecule has 174 valence electrons. The van der Waals surface area contributed by atoms with Crippen LogP contribution >= 0.6 is 0 Å². The first-order valence-corrected chi connectivity index (χ1v) is 9.55. The highest BCUT2D eigenvalue weighted by molar-refractivity contribution is 5.85. The van der Waals surface area contributed by atoms with E-state index < -0.39 is 46.9 Å². The Morgan fingerprint density at radius 1 is 1.00 bits per heavy atom. The fourth-order valence-electron chi connectivity index (χ4n) is 2.85. The van der Waals surface area contributed by atoms with E-state index in [9.17, 15) is 26.7 Å². The van der Waals surface area contributed by atoms with E-state index in [1.165, 1.54) is 6.20 Å². The molecule has 0 aliphatic rings. The van der Waals surface area contributed by atoms with Crippen molar-refractivity contribution in [2.24, 2.45) is 0 Å². The Kier molecular flexibility index (Phi) is 6.21. The van der Waals surface area contributed by atoms with Gasteiger partial charge in [-0.2, -0.15) is 18.2 Å². The number of ether oxygens (including phenoxy) is 1. The van der Waals surface area contributed by atoms with E-state index in [2.05, 4.69) is 19.6 Å². The van der Waals surface area contributed by atoms with Gasteiger partial charge in [-0.1, -0.05) is 41.6 Å². The van der Waals surface area contributed by atoms with Crippen LogP contribution in [0, 0.1) is 11.6 Å². The van der Waals surface area contributed by atoms with Crippen molar-refractivity contribution in [1.29, 1.82) is 0 Å². The van der Waals surface area contributed by atoms with Crippen molar-refractivity contribution < 1.29 is 36.0 Å². The third-order valence-corrected chi connectivity index (χ3v) is 4.46. The minimum atomic E-state index is -4.91. The number of aromatic nitrogens is 3. The summed E-state index contributed by atoms with van der Waals surface area (Å²) in [6.07, 6.45) is -4.58. The van der Waals surface area contributed by atoms with Crippen LogP contribution in [-0.2, 0) is 17.5 Å². The first-order chi connectivity index (χ1) is 16.2. The molecule has 34 heavy (non-hydrogen) atoms. The minimum Gasteiger partial charge on any atom is -0.444 e. The van der Waals surface area contributed by atoms with Crippen LogP contribution in [0.1, 0.15) is 11.5 Å². The van der Waals surface area contributed by atoms with Gasteiger partial charge in [0.05, 0.1) is 5.69 Å². The van der Waals surface area contributed by atoms with Crippen LogP contribution in [0.15, 0.2) is 65.3 Å². The minimum absolute atomic E-state index is 0.224. The van der Waals surface area contributed by atoms with Crippen LogP contribution < -0.4 is 5.32 Å². The summed E-state index contributed by atoms with van der Waals surface area (Å²) in [5.41, 5.74) is 0.867. The summed E-state index contributed by atoms with van der Waals surface area (Å²) in [5, 5.41) is 4.98. The highest BCUT2D eigenvalue weighted by Crippen LogP contribution is 2.31. The summed E-state index contributed by atoms with van der Waals surface area (Å²) in [4.78, 5) is 19.3. The maximum atomic E-state index is 14.3. The van der Waals surface area contributed by atoms with Gasteiger partial charge in [0, 0.05) is 22.9 Å². The number of anilines is 1. The van der Waals surface area contributed by atoms with E-state index in [1.807, 2.05) is 35.6 Å². The molecule has 2 aromatic carbocycles. The van der Waals surface area contributed by atoms with Gasteiger partial charge in [0.2, 0.25) is 5.82 Å². The van der Waals surface area contributed by atoms with E-state index in [0.29, 0.717) is 23.4 Å². The summed E-state index contributed by atoms with van der Waals surface area (Å²) >= 11 is 0. The number of alkyl halides is 3. The van der Waals surface area contributed by atoms with E-state index in [0.717, 1.165) is 5.56 Å². The molecule has 2 heterocycles. The molecule has 0 aliphatic carbocycles. The summed E-state index contributed by atoms with van der Waals surface area (Å²) in [6.45, 7) is -0.224. The van der Waals surface area contributed by atoms with Crippen molar-refractivity contribution in [3.63, 3.8) is 0 Å². The van der Waals surface area contributed by atoms with Gasteiger partial charge in [-0.3, -0.25) is 10.3 Å². The monoisotopic (exact) mass is 476 g/mol. The quantitative estimate of drug-likeness (QED) is 0.364. The predicted octanol–water partition coefficient (Wildman–Crippen LogP) is 5.84. The average molecular weight is 476 g/mol. The van der Waals surface area contributed by atoms with Gasteiger partial charge in [0.25, 0.3) is 0 Å². The van der Waals surface area contributed by atoms with Crippen molar-refractivity contribution in [3.05, 3.63) is 83.9 Å². The maximum Gasteiger partial charge on any atom is 0.471 e. The molecule has 0 spiro atoms. The lowest BCUT2D eigenvalue weighted by atomic mass is 10.1. The van der Waals surface area contributed by atoms with Gasteiger partial charge in [0.1, 0.15) is 12.3 Å². The second kappa shape index (κ2) is 9.25. The lowest BCUT2D eigenvalue weighted by molar-refractivity contribution is -0.159. The number of nitrogens with one attached hydrogen (secondary N) is 1. The number of carbonyl (C=O) groups is 1. The number of benzene rings is 2. The Labute approximate surface area is 188 Å². The molecule has 0 aliphatic heterocycles. The molecule has 4 aromatic rings. The van der Waals surface area contributed by atoms with Gasteiger partial charge in [-0.25, -0.2) is 13.6 Å². The highest BCUT2D eigenvalue weighted by atomic mass is 19.4. The summed E-state index contributed by atoms with van der Waals surface area (Å²) in [6, 6.07) is 14.1. The van der Waals surface area contributed by atoms with Crippen LogP contribution in [-0.4, -0.2) is 21.2 Å². The summed E-state index contributed by atoms with van der Waals surface area (Å²) in [5.74, 6) is -4.90. The molecule has 1 amide bonds. The summed E-state index contributed by atoms with van der Waals surface area (Å²) < 4.78 is 75.4. The van der Waals surface area contributed by atoms with Gasteiger partial charge in [-0.15, -0.1) is 0 Å². The van der Waals surface area contributed by atoms with Crippen molar-refractivity contribution in [2.75, 3.05) is 5.32 Å². The molecule has 0 fully saturated rings. The SMILES string of the molecule is O=C(Nc1c(F)cc(-c2noc(C(F)(F)F)n2)cc1F)OCc1ccc(-c2ccccc2)nc1. The molecular weight excluding hydrogens is 463 g/mol. The molecule has 0 saturated carbocycles. The maximum absolute atomic E-state index is 14.3. The van der Waals surface area contributed by atoms with E-state index >= 15 is 0 Å². The smallest absolute Gasteiger partial charge is 0.444 e. The van der Waals surface area contributed by atoms with Gasteiger partial charge in [0.15, 0.2) is 11.6 Å². The first kappa shape index (κ1) is 22.8. The van der Waals surface area contributed by atoms with Crippen LogP contribution in [0.2, 0.25) is 0 Å². The van der Waals surface area contributed by atoms with E-state index in [1.54, 1.807) is 12.1 Å². The number of rotatable bonds is 5. The first-order valence-electron chi connectivity index (χ1n) is 9.55.